The average molecular weight is 259 g/mol. The van der Waals surface area contributed by atoms with E-state index in [4.69, 9.17) is 0 Å². The Kier molecular flexibility index (Phi) is 3.94. The average Bonchev–Trinajstić information content (AvgIpc) is 2.38. The summed E-state index contributed by atoms with van der Waals surface area (Å²) in [5.74, 6) is 0.808. The van der Waals surface area contributed by atoms with Gasteiger partial charge >= 0.3 is 0 Å². The van der Waals surface area contributed by atoms with E-state index in [1.807, 2.05) is 12.1 Å². The number of aromatic nitrogens is 1. The van der Waals surface area contributed by atoms with E-state index < -0.39 is 4.92 Å². The minimum absolute atomic E-state index is 0.0920. The van der Waals surface area contributed by atoms with Crippen LogP contribution in [0.5, 0.6) is 0 Å². The molecule has 0 saturated heterocycles. The zero-order valence-electron chi connectivity index (χ0n) is 11.1. The highest BCUT2D eigenvalue weighted by atomic mass is 16.6. The number of anilines is 1. The van der Waals surface area contributed by atoms with Gasteiger partial charge in [-0.15, -0.1) is 0 Å². The number of nitrogens with zero attached hydrogens (tertiary/aromatic N) is 2. The Balaban J connectivity index is 2.26. The van der Waals surface area contributed by atoms with E-state index in [2.05, 4.69) is 24.1 Å². The fourth-order valence-corrected chi connectivity index (χ4v) is 2.06. The fourth-order valence-electron chi connectivity index (χ4n) is 2.06. The van der Waals surface area contributed by atoms with Crippen LogP contribution in [0.4, 0.5) is 11.5 Å². The molecule has 1 N–H and O–H groups in total. The zero-order valence-corrected chi connectivity index (χ0v) is 11.1. The number of fused-ring (bicyclic) bond motifs is 1. The maximum atomic E-state index is 10.7. The van der Waals surface area contributed by atoms with Gasteiger partial charge in [-0.05, 0) is 31.5 Å². The van der Waals surface area contributed by atoms with E-state index in [1.165, 1.54) is 6.07 Å². The van der Waals surface area contributed by atoms with E-state index >= 15 is 0 Å². The van der Waals surface area contributed by atoms with Gasteiger partial charge in [-0.2, -0.15) is 0 Å². The van der Waals surface area contributed by atoms with Crippen LogP contribution in [0.3, 0.4) is 0 Å². The van der Waals surface area contributed by atoms with E-state index in [0.717, 1.165) is 29.6 Å². The van der Waals surface area contributed by atoms with Gasteiger partial charge in [0, 0.05) is 23.6 Å². The molecular weight excluding hydrogens is 242 g/mol. The van der Waals surface area contributed by atoms with Crippen LogP contribution in [-0.2, 0) is 0 Å². The minimum Gasteiger partial charge on any atom is -0.368 e. The van der Waals surface area contributed by atoms with Crippen LogP contribution in [0, 0.1) is 10.1 Å². The minimum atomic E-state index is -0.394. The summed E-state index contributed by atoms with van der Waals surface area (Å²) >= 11 is 0. The second-order valence-corrected chi connectivity index (χ2v) is 4.66. The first-order chi connectivity index (χ1) is 9.10. The maximum absolute atomic E-state index is 10.7. The normalized spacial score (nSPS) is 12.3. The van der Waals surface area contributed by atoms with Gasteiger partial charge in [0.2, 0.25) is 0 Å². The van der Waals surface area contributed by atoms with E-state index in [0.29, 0.717) is 6.04 Å². The lowest BCUT2D eigenvalue weighted by Gasteiger charge is -2.13. The molecule has 5 nitrogen and oxygen atoms in total. The topological polar surface area (TPSA) is 68.1 Å². The van der Waals surface area contributed by atoms with Crippen LogP contribution in [0.1, 0.15) is 26.7 Å². The van der Waals surface area contributed by atoms with Gasteiger partial charge in [0.1, 0.15) is 5.82 Å². The second kappa shape index (κ2) is 5.65. The number of rotatable bonds is 5. The number of nitro groups is 1. The summed E-state index contributed by atoms with van der Waals surface area (Å²) in [4.78, 5) is 14.8. The van der Waals surface area contributed by atoms with Crippen molar-refractivity contribution in [1.29, 1.82) is 0 Å². The summed E-state index contributed by atoms with van der Waals surface area (Å²) in [7, 11) is 0. The summed E-state index contributed by atoms with van der Waals surface area (Å²) in [6.45, 7) is 4.26. The lowest BCUT2D eigenvalue weighted by atomic mass is 10.2. The van der Waals surface area contributed by atoms with Crippen molar-refractivity contribution in [2.45, 2.75) is 32.7 Å². The molecular formula is C14H17N3O2. The first-order valence-corrected chi connectivity index (χ1v) is 6.42. The molecule has 1 aromatic heterocycles. The van der Waals surface area contributed by atoms with E-state index in [-0.39, 0.29) is 5.69 Å². The van der Waals surface area contributed by atoms with E-state index in [1.54, 1.807) is 12.1 Å². The van der Waals surface area contributed by atoms with Crippen molar-refractivity contribution < 1.29 is 4.92 Å². The molecule has 1 aromatic carbocycles. The summed E-state index contributed by atoms with van der Waals surface area (Å²) in [5.41, 5.74) is 0.855. The first-order valence-electron chi connectivity index (χ1n) is 6.42. The van der Waals surface area contributed by atoms with Crippen molar-refractivity contribution in [3.8, 4) is 0 Å². The van der Waals surface area contributed by atoms with Gasteiger partial charge in [-0.25, -0.2) is 4.98 Å². The van der Waals surface area contributed by atoms with Crippen LogP contribution in [-0.4, -0.2) is 15.9 Å². The van der Waals surface area contributed by atoms with Gasteiger partial charge in [-0.3, -0.25) is 10.1 Å². The third-order valence-corrected chi connectivity index (χ3v) is 3.00. The van der Waals surface area contributed by atoms with Crippen molar-refractivity contribution in [3.63, 3.8) is 0 Å². The number of hydrogen-bond acceptors (Lipinski definition) is 4. The van der Waals surface area contributed by atoms with Crippen LogP contribution < -0.4 is 5.32 Å². The highest BCUT2D eigenvalue weighted by molar-refractivity contribution is 5.82. The van der Waals surface area contributed by atoms with Gasteiger partial charge in [0.15, 0.2) is 0 Å². The van der Waals surface area contributed by atoms with Crippen molar-refractivity contribution >= 4 is 22.4 Å². The Hall–Kier alpha value is -2.17. The molecule has 1 atom stereocenters. The summed E-state index contributed by atoms with van der Waals surface area (Å²) in [6.07, 6.45) is 2.20. The molecule has 0 saturated carbocycles. The Morgan fingerprint density at radius 3 is 2.84 bits per heavy atom. The molecule has 0 aliphatic heterocycles. The number of benzene rings is 1. The largest absolute Gasteiger partial charge is 0.368 e. The lowest BCUT2D eigenvalue weighted by molar-refractivity contribution is -0.384. The Morgan fingerprint density at radius 2 is 2.16 bits per heavy atom. The quantitative estimate of drug-likeness (QED) is 0.656. The maximum Gasteiger partial charge on any atom is 0.270 e. The third kappa shape index (κ3) is 3.19. The zero-order chi connectivity index (χ0) is 13.8. The van der Waals surface area contributed by atoms with Crippen molar-refractivity contribution in [1.82, 2.24) is 4.98 Å². The molecule has 0 aliphatic carbocycles. The summed E-state index contributed by atoms with van der Waals surface area (Å²) in [5, 5.41) is 14.8. The Bertz CT molecular complexity index is 598. The monoisotopic (exact) mass is 259 g/mol. The van der Waals surface area contributed by atoms with Crippen LogP contribution in [0.2, 0.25) is 0 Å². The molecule has 5 heteroatoms. The highest BCUT2D eigenvalue weighted by Crippen LogP contribution is 2.21. The van der Waals surface area contributed by atoms with Gasteiger partial charge < -0.3 is 5.32 Å². The second-order valence-electron chi connectivity index (χ2n) is 4.66. The molecule has 0 radical (unpaired) electrons. The number of hydrogen-bond donors (Lipinski definition) is 1. The SMILES string of the molecule is CCCC(C)Nc1ccc2cc([N+](=O)[O-])ccc2n1. The Labute approximate surface area is 111 Å². The molecule has 2 rings (SSSR count). The number of nitrogens with one attached hydrogen (secondary N) is 1. The lowest BCUT2D eigenvalue weighted by Crippen LogP contribution is -2.15. The molecule has 0 spiro atoms. The number of pyridine rings is 1. The van der Waals surface area contributed by atoms with Gasteiger partial charge in [0.25, 0.3) is 5.69 Å². The highest BCUT2D eigenvalue weighted by Gasteiger charge is 2.08. The van der Waals surface area contributed by atoms with Crippen LogP contribution in [0.15, 0.2) is 30.3 Å². The molecule has 0 fully saturated rings. The van der Waals surface area contributed by atoms with Crippen molar-refractivity contribution in [2.75, 3.05) is 5.32 Å². The molecule has 0 bridgehead atoms. The van der Waals surface area contributed by atoms with Gasteiger partial charge in [0.05, 0.1) is 10.4 Å². The molecule has 0 aliphatic rings. The smallest absolute Gasteiger partial charge is 0.270 e. The molecule has 100 valence electrons. The summed E-state index contributed by atoms with van der Waals surface area (Å²) < 4.78 is 0. The predicted molar refractivity (Wildman–Crippen MR) is 76.4 cm³/mol. The predicted octanol–water partition coefficient (Wildman–Crippen LogP) is 3.74. The third-order valence-electron chi connectivity index (χ3n) is 3.00. The molecule has 0 amide bonds. The Morgan fingerprint density at radius 1 is 1.37 bits per heavy atom. The van der Waals surface area contributed by atoms with Crippen LogP contribution in [0.25, 0.3) is 10.9 Å². The van der Waals surface area contributed by atoms with Crippen molar-refractivity contribution in [3.05, 3.63) is 40.4 Å². The molecule has 1 heterocycles. The molecule has 1 unspecified atom stereocenters. The number of nitro benzene ring substituents is 1. The number of non-ortho nitro benzene ring substituents is 1. The van der Waals surface area contributed by atoms with E-state index in [9.17, 15) is 10.1 Å². The summed E-state index contributed by atoms with van der Waals surface area (Å²) in [6, 6.07) is 8.79. The van der Waals surface area contributed by atoms with Crippen LogP contribution >= 0.6 is 0 Å². The molecule has 2 aromatic rings. The fraction of sp³-hybridized carbons (Fsp3) is 0.357. The standard InChI is InChI=1S/C14H17N3O2/c1-3-4-10(2)15-14-8-5-11-9-12(17(18)19)6-7-13(11)16-14/h5-10H,3-4H2,1-2H3,(H,15,16). The molecule has 19 heavy (non-hydrogen) atoms. The van der Waals surface area contributed by atoms with Gasteiger partial charge in [-0.1, -0.05) is 13.3 Å². The van der Waals surface area contributed by atoms with Crippen molar-refractivity contribution in [2.24, 2.45) is 0 Å². The first kappa shape index (κ1) is 13.3.